The molecule has 0 saturated heterocycles. The number of carbonyl (C=O) groups excluding carboxylic acids is 1. The third kappa shape index (κ3) is 5.39. The van der Waals surface area contributed by atoms with Gasteiger partial charge in [-0.05, 0) is 30.3 Å². The van der Waals surface area contributed by atoms with Crippen molar-refractivity contribution in [3.63, 3.8) is 0 Å². The Bertz CT molecular complexity index is 1040. The maximum Gasteiger partial charge on any atom is 0.435 e. The third-order valence-electron chi connectivity index (χ3n) is 4.42. The van der Waals surface area contributed by atoms with Crippen molar-refractivity contribution in [2.24, 2.45) is 5.16 Å². The molecular formula is C19H13Cl2F6N3O2. The van der Waals surface area contributed by atoms with Gasteiger partial charge in [0.2, 0.25) is 5.91 Å². The van der Waals surface area contributed by atoms with Crippen LogP contribution in [0.25, 0.3) is 0 Å². The number of nitrogens with one attached hydrogen (secondary N) is 2. The highest BCUT2D eigenvalue weighted by Gasteiger charge is 2.62. The first-order chi connectivity index (χ1) is 14.8. The van der Waals surface area contributed by atoms with Gasteiger partial charge in [0.05, 0.1) is 11.4 Å². The molecule has 1 aliphatic heterocycles. The zero-order chi connectivity index (χ0) is 23.7. The predicted octanol–water partition coefficient (Wildman–Crippen LogP) is 5.97. The summed E-state index contributed by atoms with van der Waals surface area (Å²) in [5, 5.41) is 3.55. The number of amides is 1. The van der Waals surface area contributed by atoms with Gasteiger partial charge >= 0.3 is 12.4 Å². The van der Waals surface area contributed by atoms with Crippen molar-refractivity contribution in [3.05, 3.63) is 63.6 Å². The SMILES string of the molecule is O=C(CC(F)(F)F)NNc1cccc(C2=NOC(c3cc(Cl)cc(Cl)c3)(C(F)(F)F)C2)c1. The molecule has 0 aromatic heterocycles. The summed E-state index contributed by atoms with van der Waals surface area (Å²) < 4.78 is 78.8. The Hall–Kier alpha value is -2.66. The van der Waals surface area contributed by atoms with Crippen LogP contribution < -0.4 is 10.9 Å². The minimum atomic E-state index is -4.88. The Kier molecular flexibility index (Phi) is 6.52. The van der Waals surface area contributed by atoms with E-state index in [1.807, 2.05) is 5.43 Å². The Morgan fingerprint density at radius 1 is 1.06 bits per heavy atom. The molecule has 0 saturated carbocycles. The summed E-state index contributed by atoms with van der Waals surface area (Å²) in [7, 11) is 0. The Balaban J connectivity index is 1.81. The monoisotopic (exact) mass is 499 g/mol. The summed E-state index contributed by atoms with van der Waals surface area (Å²) >= 11 is 11.7. The fraction of sp³-hybridized carbons (Fsp3) is 0.263. The fourth-order valence-corrected chi connectivity index (χ4v) is 3.52. The number of rotatable bonds is 5. The molecule has 1 heterocycles. The molecule has 1 unspecified atom stereocenters. The average Bonchev–Trinajstić information content (AvgIpc) is 3.11. The molecule has 1 aliphatic rings. The highest BCUT2D eigenvalue weighted by molar-refractivity contribution is 6.34. The van der Waals surface area contributed by atoms with Crippen molar-refractivity contribution in [1.82, 2.24) is 5.43 Å². The quantitative estimate of drug-likeness (QED) is 0.393. The van der Waals surface area contributed by atoms with Gasteiger partial charge < -0.3 is 4.84 Å². The zero-order valence-corrected chi connectivity index (χ0v) is 17.3. The summed E-state index contributed by atoms with van der Waals surface area (Å²) in [5.74, 6) is -1.33. The number of nitrogens with zero attached hydrogens (tertiary/aromatic N) is 1. The van der Waals surface area contributed by atoms with Crippen molar-refractivity contribution < 1.29 is 36.0 Å². The van der Waals surface area contributed by atoms with Crippen LogP contribution in [0.4, 0.5) is 32.0 Å². The van der Waals surface area contributed by atoms with Crippen molar-refractivity contribution in [2.45, 2.75) is 30.8 Å². The number of hydrogen-bond donors (Lipinski definition) is 2. The maximum absolute atomic E-state index is 14.0. The minimum absolute atomic E-state index is 0.0195. The Morgan fingerprint density at radius 2 is 1.72 bits per heavy atom. The number of hydrazine groups is 1. The van der Waals surface area contributed by atoms with E-state index in [1.54, 1.807) is 0 Å². The van der Waals surface area contributed by atoms with E-state index in [0.717, 1.165) is 12.1 Å². The largest absolute Gasteiger partial charge is 0.435 e. The zero-order valence-electron chi connectivity index (χ0n) is 15.7. The van der Waals surface area contributed by atoms with Crippen molar-refractivity contribution in [3.8, 4) is 0 Å². The van der Waals surface area contributed by atoms with Gasteiger partial charge in [0.15, 0.2) is 0 Å². The van der Waals surface area contributed by atoms with Gasteiger partial charge in [-0.1, -0.05) is 40.5 Å². The lowest BCUT2D eigenvalue weighted by Gasteiger charge is -2.29. The van der Waals surface area contributed by atoms with Gasteiger partial charge in [-0.25, -0.2) is 0 Å². The van der Waals surface area contributed by atoms with Crippen molar-refractivity contribution >= 4 is 40.5 Å². The van der Waals surface area contributed by atoms with E-state index in [0.29, 0.717) is 0 Å². The van der Waals surface area contributed by atoms with Gasteiger partial charge in [-0.3, -0.25) is 15.6 Å². The van der Waals surface area contributed by atoms with Crippen LogP contribution in [0.1, 0.15) is 24.0 Å². The van der Waals surface area contributed by atoms with Crippen LogP contribution >= 0.6 is 23.2 Å². The lowest BCUT2D eigenvalue weighted by molar-refractivity contribution is -0.275. The molecule has 13 heteroatoms. The average molecular weight is 500 g/mol. The van der Waals surface area contributed by atoms with Crippen LogP contribution in [-0.4, -0.2) is 24.0 Å². The van der Waals surface area contributed by atoms with Crippen LogP contribution in [0.15, 0.2) is 47.6 Å². The van der Waals surface area contributed by atoms with E-state index in [-0.39, 0.29) is 32.6 Å². The number of oxime groups is 1. The van der Waals surface area contributed by atoms with E-state index < -0.39 is 36.7 Å². The van der Waals surface area contributed by atoms with E-state index in [4.69, 9.17) is 28.0 Å². The second-order valence-corrected chi connectivity index (χ2v) is 7.71. The second kappa shape index (κ2) is 8.70. The van der Waals surface area contributed by atoms with Crippen LogP contribution in [0.5, 0.6) is 0 Å². The van der Waals surface area contributed by atoms with Gasteiger partial charge in [0, 0.05) is 27.6 Å². The van der Waals surface area contributed by atoms with Crippen LogP contribution in [-0.2, 0) is 15.2 Å². The molecule has 1 amide bonds. The summed E-state index contributed by atoms with van der Waals surface area (Å²) in [6, 6.07) is 8.97. The molecule has 3 rings (SSSR count). The predicted molar refractivity (Wildman–Crippen MR) is 105 cm³/mol. The Morgan fingerprint density at radius 3 is 2.31 bits per heavy atom. The van der Waals surface area contributed by atoms with Gasteiger partial charge in [0.1, 0.15) is 6.42 Å². The molecule has 2 N–H and O–H groups in total. The number of halogens is 8. The highest BCUT2D eigenvalue weighted by Crippen LogP contribution is 2.49. The van der Waals surface area contributed by atoms with Crippen LogP contribution in [0.3, 0.4) is 0 Å². The van der Waals surface area contributed by atoms with Gasteiger partial charge in [0.25, 0.3) is 5.60 Å². The topological polar surface area (TPSA) is 62.7 Å². The van der Waals surface area contributed by atoms with Crippen molar-refractivity contribution in [2.75, 3.05) is 5.43 Å². The van der Waals surface area contributed by atoms with Crippen LogP contribution in [0, 0.1) is 0 Å². The maximum atomic E-state index is 14.0. The number of hydrogen-bond acceptors (Lipinski definition) is 4. The molecule has 172 valence electrons. The number of carbonyl (C=O) groups is 1. The van der Waals surface area contributed by atoms with Gasteiger partial charge in [-0.2, -0.15) is 26.3 Å². The summed E-state index contributed by atoms with van der Waals surface area (Å²) in [4.78, 5) is 16.2. The first kappa shape index (κ1) is 24.0. The van der Waals surface area contributed by atoms with Crippen molar-refractivity contribution in [1.29, 1.82) is 0 Å². The van der Waals surface area contributed by atoms with E-state index in [9.17, 15) is 31.1 Å². The summed E-state index contributed by atoms with van der Waals surface area (Å²) in [6.45, 7) is 0. The van der Waals surface area contributed by atoms with E-state index >= 15 is 0 Å². The molecule has 2 aromatic rings. The second-order valence-electron chi connectivity index (χ2n) is 6.83. The third-order valence-corrected chi connectivity index (χ3v) is 4.85. The molecule has 0 fully saturated rings. The molecule has 2 aromatic carbocycles. The first-order valence-electron chi connectivity index (χ1n) is 8.79. The molecule has 1 atom stereocenters. The molecule has 0 spiro atoms. The minimum Gasteiger partial charge on any atom is -0.374 e. The summed E-state index contributed by atoms with van der Waals surface area (Å²) in [5.41, 5.74) is 1.20. The summed E-state index contributed by atoms with van der Waals surface area (Å²) in [6.07, 6.45) is -12.0. The number of alkyl halides is 6. The molecule has 0 radical (unpaired) electrons. The number of benzene rings is 2. The number of anilines is 1. The van der Waals surface area contributed by atoms with E-state index in [2.05, 4.69) is 10.6 Å². The molecule has 5 nitrogen and oxygen atoms in total. The molecule has 0 aliphatic carbocycles. The van der Waals surface area contributed by atoms with E-state index in [1.165, 1.54) is 30.3 Å². The fourth-order valence-electron chi connectivity index (χ4n) is 2.99. The van der Waals surface area contributed by atoms with Crippen LogP contribution in [0.2, 0.25) is 10.0 Å². The molecule has 32 heavy (non-hydrogen) atoms. The lowest BCUT2D eigenvalue weighted by atomic mass is 9.86. The first-order valence-corrected chi connectivity index (χ1v) is 9.55. The van der Waals surface area contributed by atoms with Gasteiger partial charge in [-0.15, -0.1) is 0 Å². The standard InChI is InChI=1S/C19H13Cl2F6N3O2/c20-12-5-11(6-13(21)7-12)17(19(25,26)27)8-15(30-32-17)10-2-1-3-14(4-10)28-29-16(31)9-18(22,23)24/h1-7,28H,8-9H2,(H,29,31). The molecular weight excluding hydrogens is 487 g/mol. The smallest absolute Gasteiger partial charge is 0.374 e. The Labute approximate surface area is 187 Å². The molecule has 0 bridgehead atoms. The lowest BCUT2D eigenvalue weighted by Crippen LogP contribution is -2.42. The highest BCUT2D eigenvalue weighted by atomic mass is 35.5. The normalized spacial score (nSPS) is 18.7.